The zero-order valence-electron chi connectivity index (χ0n) is 13.6. The predicted molar refractivity (Wildman–Crippen MR) is 88.7 cm³/mol. The molecule has 0 bridgehead atoms. The highest BCUT2D eigenvalue weighted by Crippen LogP contribution is 2.29. The van der Waals surface area contributed by atoms with Gasteiger partial charge in [0.2, 0.25) is 0 Å². The topological polar surface area (TPSA) is 38.5 Å². The van der Waals surface area contributed by atoms with E-state index in [1.165, 1.54) is 50.8 Å². The molecule has 1 heterocycles. The Morgan fingerprint density at radius 2 is 2.00 bits per heavy atom. The van der Waals surface area contributed by atoms with Crippen molar-refractivity contribution in [2.75, 3.05) is 26.7 Å². The summed E-state index contributed by atoms with van der Waals surface area (Å²) in [6.45, 7) is 5.57. The third-order valence-corrected chi connectivity index (χ3v) is 4.58. The van der Waals surface area contributed by atoms with Crippen LogP contribution in [0.4, 0.5) is 0 Å². The molecular weight excluding hydrogens is 260 g/mol. The first-order valence-electron chi connectivity index (χ1n) is 8.34. The standard InChI is InChI=1S/C18H30N2O/c1-3-4-11-18(19,15-20-12-6-5-7-13-20)16-9-8-10-17(14-16)21-2/h8-10,14H,3-7,11-13,15,19H2,1-2H3. The molecule has 1 aromatic rings. The molecule has 0 amide bonds. The van der Waals surface area contributed by atoms with Crippen molar-refractivity contribution in [2.45, 2.75) is 51.0 Å². The minimum absolute atomic E-state index is 0.262. The van der Waals surface area contributed by atoms with Crippen LogP contribution in [-0.2, 0) is 5.54 Å². The maximum atomic E-state index is 6.86. The summed E-state index contributed by atoms with van der Waals surface area (Å²) in [5.74, 6) is 0.900. The smallest absolute Gasteiger partial charge is 0.119 e. The molecule has 1 saturated heterocycles. The lowest BCUT2D eigenvalue weighted by atomic mass is 9.84. The van der Waals surface area contributed by atoms with Crippen molar-refractivity contribution < 1.29 is 4.74 Å². The van der Waals surface area contributed by atoms with Gasteiger partial charge in [0.05, 0.1) is 12.6 Å². The fourth-order valence-corrected chi connectivity index (χ4v) is 3.26. The second-order valence-electron chi connectivity index (χ2n) is 6.33. The van der Waals surface area contributed by atoms with Gasteiger partial charge in [0, 0.05) is 6.54 Å². The monoisotopic (exact) mass is 290 g/mol. The predicted octanol–water partition coefficient (Wildman–Crippen LogP) is 3.53. The second-order valence-corrected chi connectivity index (χ2v) is 6.33. The van der Waals surface area contributed by atoms with Crippen LogP contribution in [0.3, 0.4) is 0 Å². The Kier molecular flexibility index (Phi) is 6.07. The maximum Gasteiger partial charge on any atom is 0.119 e. The number of methoxy groups -OCH3 is 1. The van der Waals surface area contributed by atoms with Crippen molar-refractivity contribution in [3.05, 3.63) is 29.8 Å². The fourth-order valence-electron chi connectivity index (χ4n) is 3.26. The Morgan fingerprint density at radius 1 is 1.24 bits per heavy atom. The number of unbranched alkanes of at least 4 members (excludes halogenated alkanes) is 1. The highest BCUT2D eigenvalue weighted by molar-refractivity contribution is 5.33. The Balaban J connectivity index is 2.17. The Morgan fingerprint density at radius 3 is 2.67 bits per heavy atom. The zero-order valence-corrected chi connectivity index (χ0v) is 13.6. The van der Waals surface area contributed by atoms with Gasteiger partial charge in [0.1, 0.15) is 5.75 Å². The van der Waals surface area contributed by atoms with Crippen molar-refractivity contribution in [3.63, 3.8) is 0 Å². The molecule has 21 heavy (non-hydrogen) atoms. The van der Waals surface area contributed by atoms with Crippen molar-refractivity contribution in [3.8, 4) is 5.75 Å². The summed E-state index contributed by atoms with van der Waals surface area (Å²) in [7, 11) is 1.72. The molecule has 2 N–H and O–H groups in total. The van der Waals surface area contributed by atoms with Crippen LogP contribution in [-0.4, -0.2) is 31.6 Å². The van der Waals surface area contributed by atoms with E-state index < -0.39 is 0 Å². The van der Waals surface area contributed by atoms with E-state index in [0.29, 0.717) is 0 Å². The number of hydrogen-bond donors (Lipinski definition) is 1. The van der Waals surface area contributed by atoms with Crippen LogP contribution in [0.2, 0.25) is 0 Å². The highest BCUT2D eigenvalue weighted by Gasteiger charge is 2.30. The number of piperidine rings is 1. The van der Waals surface area contributed by atoms with Gasteiger partial charge >= 0.3 is 0 Å². The van der Waals surface area contributed by atoms with Crippen LogP contribution in [0.5, 0.6) is 5.75 Å². The fraction of sp³-hybridized carbons (Fsp3) is 0.667. The molecule has 1 atom stereocenters. The Hall–Kier alpha value is -1.06. The van der Waals surface area contributed by atoms with E-state index in [4.69, 9.17) is 10.5 Å². The van der Waals surface area contributed by atoms with E-state index in [1.807, 2.05) is 6.07 Å². The summed E-state index contributed by atoms with van der Waals surface area (Å²) in [4.78, 5) is 2.54. The second kappa shape index (κ2) is 7.81. The highest BCUT2D eigenvalue weighted by atomic mass is 16.5. The van der Waals surface area contributed by atoms with Crippen molar-refractivity contribution in [1.29, 1.82) is 0 Å². The summed E-state index contributed by atoms with van der Waals surface area (Å²) in [6, 6.07) is 8.31. The van der Waals surface area contributed by atoms with E-state index in [1.54, 1.807) is 7.11 Å². The van der Waals surface area contributed by atoms with Crippen molar-refractivity contribution in [1.82, 2.24) is 4.90 Å². The van der Waals surface area contributed by atoms with Crippen molar-refractivity contribution in [2.24, 2.45) is 5.73 Å². The lowest BCUT2D eigenvalue weighted by Crippen LogP contribution is -2.49. The molecule has 0 radical (unpaired) electrons. The molecule has 0 spiro atoms. The molecule has 3 nitrogen and oxygen atoms in total. The molecule has 118 valence electrons. The molecule has 1 unspecified atom stereocenters. The van der Waals surface area contributed by atoms with Crippen LogP contribution in [0.25, 0.3) is 0 Å². The molecule has 0 saturated carbocycles. The molecule has 0 aliphatic carbocycles. The molecule has 1 aromatic carbocycles. The van der Waals surface area contributed by atoms with Gasteiger partial charge in [0.25, 0.3) is 0 Å². The van der Waals surface area contributed by atoms with Gasteiger partial charge < -0.3 is 15.4 Å². The van der Waals surface area contributed by atoms with Crippen LogP contribution >= 0.6 is 0 Å². The van der Waals surface area contributed by atoms with Gasteiger partial charge in [0.15, 0.2) is 0 Å². The largest absolute Gasteiger partial charge is 0.497 e. The summed E-state index contributed by atoms with van der Waals surface area (Å²) in [5, 5.41) is 0. The van der Waals surface area contributed by atoms with Crippen molar-refractivity contribution >= 4 is 0 Å². The third-order valence-electron chi connectivity index (χ3n) is 4.58. The normalized spacial score (nSPS) is 19.2. The van der Waals surface area contributed by atoms with E-state index in [0.717, 1.165) is 18.7 Å². The number of rotatable bonds is 7. The van der Waals surface area contributed by atoms with E-state index in [-0.39, 0.29) is 5.54 Å². The minimum atomic E-state index is -0.262. The average molecular weight is 290 g/mol. The minimum Gasteiger partial charge on any atom is -0.497 e. The first-order chi connectivity index (χ1) is 10.2. The average Bonchev–Trinajstić information content (AvgIpc) is 2.54. The number of hydrogen-bond acceptors (Lipinski definition) is 3. The number of nitrogens with zero attached hydrogens (tertiary/aromatic N) is 1. The zero-order chi connectivity index (χ0) is 15.1. The number of likely N-dealkylation sites (tertiary alicyclic amines) is 1. The van der Waals surface area contributed by atoms with Crippen LogP contribution < -0.4 is 10.5 Å². The molecule has 1 fully saturated rings. The number of nitrogens with two attached hydrogens (primary N) is 1. The van der Waals surface area contributed by atoms with E-state index >= 15 is 0 Å². The van der Waals surface area contributed by atoms with Gasteiger partial charge in [-0.15, -0.1) is 0 Å². The SMILES string of the molecule is CCCCC(N)(CN1CCCCC1)c1cccc(OC)c1. The van der Waals surface area contributed by atoms with E-state index in [2.05, 4.69) is 30.0 Å². The summed E-state index contributed by atoms with van der Waals surface area (Å²) in [6.07, 6.45) is 7.36. The lowest BCUT2D eigenvalue weighted by Gasteiger charge is -2.38. The summed E-state index contributed by atoms with van der Waals surface area (Å²) >= 11 is 0. The molecular formula is C18H30N2O. The van der Waals surface area contributed by atoms with E-state index in [9.17, 15) is 0 Å². The third kappa shape index (κ3) is 4.45. The maximum absolute atomic E-state index is 6.86. The first-order valence-corrected chi connectivity index (χ1v) is 8.34. The first kappa shape index (κ1) is 16.3. The van der Waals surface area contributed by atoms with Gasteiger partial charge in [-0.1, -0.05) is 38.3 Å². The Bertz CT molecular complexity index is 429. The van der Waals surface area contributed by atoms with Gasteiger partial charge in [-0.2, -0.15) is 0 Å². The lowest BCUT2D eigenvalue weighted by molar-refractivity contribution is 0.169. The molecule has 1 aliphatic rings. The molecule has 1 aliphatic heterocycles. The summed E-state index contributed by atoms with van der Waals surface area (Å²) in [5.41, 5.74) is 7.81. The van der Waals surface area contributed by atoms with Crippen LogP contribution in [0.15, 0.2) is 24.3 Å². The van der Waals surface area contributed by atoms with Gasteiger partial charge in [-0.3, -0.25) is 0 Å². The Labute approximate surface area is 129 Å². The van der Waals surface area contributed by atoms with Crippen LogP contribution in [0, 0.1) is 0 Å². The quantitative estimate of drug-likeness (QED) is 0.835. The van der Waals surface area contributed by atoms with Gasteiger partial charge in [-0.25, -0.2) is 0 Å². The molecule has 2 rings (SSSR count). The molecule has 0 aromatic heterocycles. The number of benzene rings is 1. The molecule has 3 heteroatoms. The number of ether oxygens (including phenoxy) is 1. The van der Waals surface area contributed by atoms with Crippen LogP contribution in [0.1, 0.15) is 51.0 Å². The van der Waals surface area contributed by atoms with Gasteiger partial charge in [-0.05, 0) is 50.0 Å². The summed E-state index contributed by atoms with van der Waals surface area (Å²) < 4.78 is 5.38.